The number of halogens is 5. The number of ether oxygens (including phenoxy) is 4. The lowest BCUT2D eigenvalue weighted by molar-refractivity contribution is -0.391. The van der Waals surface area contributed by atoms with Crippen molar-refractivity contribution in [3.05, 3.63) is 52.9 Å². The smallest absolute Gasteiger partial charge is 0.465 e. The number of esters is 2. The van der Waals surface area contributed by atoms with E-state index in [1.54, 1.807) is 0 Å². The normalized spacial score (nSPS) is 18.7. The molecule has 0 amide bonds. The summed E-state index contributed by atoms with van der Waals surface area (Å²) in [6.45, 7) is 0. The third kappa shape index (κ3) is 3.56. The topological polar surface area (TPSA) is 74.3 Å². The summed E-state index contributed by atoms with van der Waals surface area (Å²) in [5.74, 6) is -3.40. The summed E-state index contributed by atoms with van der Waals surface area (Å²) in [4.78, 5) is 25.6. The minimum absolute atomic E-state index is 0.165. The molecule has 2 heterocycles. The maximum absolute atomic E-state index is 13.6. The van der Waals surface area contributed by atoms with Gasteiger partial charge in [-0.2, -0.15) is 17.6 Å². The summed E-state index contributed by atoms with van der Waals surface area (Å²) in [5.41, 5.74) is -0.774. The molecule has 0 fully saturated rings. The first kappa shape index (κ1) is 21.5. The van der Waals surface area contributed by atoms with Gasteiger partial charge in [-0.1, -0.05) is 17.7 Å². The van der Waals surface area contributed by atoms with Gasteiger partial charge in [-0.05, 0) is 12.2 Å². The minimum Gasteiger partial charge on any atom is -0.465 e. The van der Waals surface area contributed by atoms with Crippen LogP contribution in [0.2, 0.25) is 5.02 Å². The van der Waals surface area contributed by atoms with Crippen LogP contribution < -0.4 is 14.4 Å². The van der Waals surface area contributed by atoms with Crippen LogP contribution >= 0.6 is 11.6 Å². The molecule has 30 heavy (non-hydrogen) atoms. The molecule has 2 aliphatic rings. The Morgan fingerprint density at radius 3 is 2.10 bits per heavy atom. The van der Waals surface area contributed by atoms with Gasteiger partial charge >= 0.3 is 24.2 Å². The number of nitrogens with zero attached hydrogens (tertiary/aromatic N) is 1. The van der Waals surface area contributed by atoms with Crippen molar-refractivity contribution in [1.29, 1.82) is 0 Å². The number of benzene rings is 1. The van der Waals surface area contributed by atoms with Crippen molar-refractivity contribution in [2.75, 3.05) is 19.1 Å². The molecule has 1 aromatic rings. The monoisotopic (exact) mass is 449 g/mol. The standard InChI is InChI=1S/C18H12ClF4NO6/c1-27-15(25)9-5-3-4-6-24(14(9)16(26)28-2)11-8-13-12(7-10(11)19)29-17(20,21)18(22,23)30-13/h3-8H,1-2H3. The second-order valence-corrected chi connectivity index (χ2v) is 6.21. The molecule has 12 heteroatoms. The lowest BCUT2D eigenvalue weighted by Crippen LogP contribution is -2.52. The molecule has 0 saturated heterocycles. The zero-order chi connectivity index (χ0) is 22.3. The van der Waals surface area contributed by atoms with E-state index in [0.717, 1.165) is 31.3 Å². The van der Waals surface area contributed by atoms with E-state index in [1.807, 2.05) is 0 Å². The minimum atomic E-state index is -4.96. The van der Waals surface area contributed by atoms with E-state index in [4.69, 9.17) is 16.3 Å². The number of alkyl halides is 4. The number of anilines is 1. The number of carbonyl (C=O) groups excluding carboxylic acids is 2. The molecule has 0 aromatic heterocycles. The molecule has 0 saturated carbocycles. The zero-order valence-electron chi connectivity index (χ0n) is 15.3. The molecule has 0 aliphatic carbocycles. The van der Waals surface area contributed by atoms with E-state index in [-0.39, 0.29) is 22.0 Å². The summed E-state index contributed by atoms with van der Waals surface area (Å²) in [6, 6.07) is 1.67. The van der Waals surface area contributed by atoms with Crippen LogP contribution in [-0.4, -0.2) is 38.4 Å². The van der Waals surface area contributed by atoms with Crippen molar-refractivity contribution in [2.45, 2.75) is 12.2 Å². The quantitative estimate of drug-likeness (QED) is 0.513. The molecule has 0 radical (unpaired) electrons. The average molecular weight is 450 g/mol. The largest absolute Gasteiger partial charge is 0.507 e. The Morgan fingerprint density at radius 1 is 0.967 bits per heavy atom. The molecule has 0 atom stereocenters. The molecule has 0 bridgehead atoms. The fourth-order valence-electron chi connectivity index (χ4n) is 2.61. The highest BCUT2D eigenvalue weighted by Gasteiger charge is 2.66. The molecule has 7 nitrogen and oxygen atoms in total. The SMILES string of the molecule is COC(=O)C1=C(C(=O)OC)N(c2cc3c(cc2Cl)OC(F)(F)C(F)(F)O3)C=CC=C1. The third-order valence-electron chi connectivity index (χ3n) is 3.98. The Balaban J connectivity index is 2.19. The Morgan fingerprint density at radius 2 is 1.53 bits per heavy atom. The highest BCUT2D eigenvalue weighted by molar-refractivity contribution is 6.33. The molecule has 2 aliphatic heterocycles. The summed E-state index contributed by atoms with van der Waals surface area (Å²) >= 11 is 6.13. The summed E-state index contributed by atoms with van der Waals surface area (Å²) in [7, 11) is 2.13. The van der Waals surface area contributed by atoms with Gasteiger partial charge in [-0.25, -0.2) is 9.59 Å². The molecule has 160 valence electrons. The number of hydrogen-bond acceptors (Lipinski definition) is 7. The number of rotatable bonds is 3. The van der Waals surface area contributed by atoms with Crippen molar-refractivity contribution in [2.24, 2.45) is 0 Å². The van der Waals surface area contributed by atoms with Gasteiger partial charge in [0.25, 0.3) is 0 Å². The van der Waals surface area contributed by atoms with Crippen LogP contribution in [0, 0.1) is 0 Å². The highest BCUT2D eigenvalue weighted by Crippen LogP contribution is 2.50. The highest BCUT2D eigenvalue weighted by atomic mass is 35.5. The number of allylic oxidation sites excluding steroid dienone is 2. The van der Waals surface area contributed by atoms with Crippen LogP contribution in [0.15, 0.2) is 47.8 Å². The maximum atomic E-state index is 13.6. The van der Waals surface area contributed by atoms with Crippen LogP contribution in [0.5, 0.6) is 11.5 Å². The molecule has 1 aromatic carbocycles. The van der Waals surface area contributed by atoms with Gasteiger partial charge in [0, 0.05) is 18.3 Å². The average Bonchev–Trinajstić information content (AvgIpc) is 2.90. The second kappa shape index (κ2) is 7.56. The Kier molecular flexibility index (Phi) is 5.42. The summed E-state index contributed by atoms with van der Waals surface area (Å²) in [5, 5.41) is -0.282. The Bertz CT molecular complexity index is 1000. The molecule has 0 N–H and O–H groups in total. The predicted octanol–water partition coefficient (Wildman–Crippen LogP) is 3.79. The van der Waals surface area contributed by atoms with Gasteiger partial charge in [-0.15, -0.1) is 0 Å². The second-order valence-electron chi connectivity index (χ2n) is 5.80. The van der Waals surface area contributed by atoms with Gasteiger partial charge in [0.05, 0.1) is 30.5 Å². The van der Waals surface area contributed by atoms with E-state index >= 15 is 0 Å². The van der Waals surface area contributed by atoms with Crippen molar-refractivity contribution in [1.82, 2.24) is 0 Å². The number of hydrogen-bond donors (Lipinski definition) is 0. The Hall–Kier alpha value is -3.21. The first-order chi connectivity index (χ1) is 14.0. The van der Waals surface area contributed by atoms with E-state index in [0.29, 0.717) is 0 Å². The van der Waals surface area contributed by atoms with Crippen molar-refractivity contribution >= 4 is 29.2 Å². The van der Waals surface area contributed by atoms with Gasteiger partial charge in [0.15, 0.2) is 11.5 Å². The lowest BCUT2D eigenvalue weighted by Gasteiger charge is -2.33. The molecular weight excluding hydrogens is 438 g/mol. The predicted molar refractivity (Wildman–Crippen MR) is 94.4 cm³/mol. The summed E-state index contributed by atoms with van der Waals surface area (Å²) in [6.07, 6.45) is -4.56. The number of methoxy groups -OCH3 is 2. The van der Waals surface area contributed by atoms with Gasteiger partial charge in [0.1, 0.15) is 5.70 Å². The van der Waals surface area contributed by atoms with Crippen molar-refractivity contribution in [3.63, 3.8) is 0 Å². The first-order valence-electron chi connectivity index (χ1n) is 8.04. The van der Waals surface area contributed by atoms with E-state index in [2.05, 4.69) is 14.2 Å². The van der Waals surface area contributed by atoms with Gasteiger partial charge in [-0.3, -0.25) is 0 Å². The Labute approximate surface area is 171 Å². The third-order valence-corrected chi connectivity index (χ3v) is 4.28. The fraction of sp³-hybridized carbons (Fsp3) is 0.222. The number of fused-ring (bicyclic) bond motifs is 1. The van der Waals surface area contributed by atoms with Crippen LogP contribution in [0.25, 0.3) is 0 Å². The fourth-order valence-corrected chi connectivity index (χ4v) is 2.86. The zero-order valence-corrected chi connectivity index (χ0v) is 16.0. The molecule has 0 unspecified atom stereocenters. The van der Waals surface area contributed by atoms with Gasteiger partial charge < -0.3 is 23.8 Å². The summed E-state index contributed by atoms with van der Waals surface area (Å²) < 4.78 is 71.4. The van der Waals surface area contributed by atoms with Crippen LogP contribution in [0.3, 0.4) is 0 Å². The first-order valence-corrected chi connectivity index (χ1v) is 8.42. The molecule has 0 spiro atoms. The van der Waals surface area contributed by atoms with E-state index in [9.17, 15) is 27.2 Å². The van der Waals surface area contributed by atoms with Gasteiger partial charge in [0.2, 0.25) is 0 Å². The van der Waals surface area contributed by atoms with E-state index in [1.165, 1.54) is 24.4 Å². The molecular formula is C18H12ClF4NO6. The van der Waals surface area contributed by atoms with Crippen molar-refractivity contribution in [3.8, 4) is 11.5 Å². The molecule has 3 rings (SSSR count). The van der Waals surface area contributed by atoms with E-state index < -0.39 is 35.7 Å². The maximum Gasteiger partial charge on any atom is 0.507 e. The van der Waals surface area contributed by atoms with Crippen LogP contribution in [-0.2, 0) is 19.1 Å². The lowest BCUT2D eigenvalue weighted by atomic mass is 10.1. The van der Waals surface area contributed by atoms with Crippen molar-refractivity contribution < 1.29 is 46.1 Å². The number of carbonyl (C=O) groups is 2. The van der Waals surface area contributed by atoms with Crippen LogP contribution in [0.1, 0.15) is 0 Å². The van der Waals surface area contributed by atoms with Crippen LogP contribution in [0.4, 0.5) is 23.2 Å².